The number of ether oxygens (including phenoxy) is 2. The highest BCUT2D eigenvalue weighted by atomic mass is 19.4. The number of aryl methyl sites for hydroxylation is 1. The average molecular weight is 289 g/mol. The molecule has 1 heterocycles. The molecule has 1 aliphatic rings. The fraction of sp³-hybridized carbons (Fsp3) is 0.462. The predicted molar refractivity (Wildman–Crippen MR) is 64.6 cm³/mol. The highest BCUT2D eigenvalue weighted by Crippen LogP contribution is 2.32. The number of alkyl halides is 3. The summed E-state index contributed by atoms with van der Waals surface area (Å²) < 4.78 is 47.8. The van der Waals surface area contributed by atoms with E-state index in [0.29, 0.717) is 26.3 Å². The van der Waals surface area contributed by atoms with E-state index < -0.39 is 17.8 Å². The van der Waals surface area contributed by atoms with Crippen molar-refractivity contribution in [3.8, 4) is 5.75 Å². The summed E-state index contributed by atoms with van der Waals surface area (Å²) in [6.07, 6.45) is -4.98. The Kier molecular flexibility index (Phi) is 4.17. The SMILES string of the molecule is Cc1cc(C(F)(F)F)ccc1OC(=O)N1CCOCC1. The number of carbonyl (C=O) groups excluding carboxylic acids is 1. The summed E-state index contributed by atoms with van der Waals surface area (Å²) in [5.74, 6) is 0.134. The first kappa shape index (κ1) is 14.6. The fourth-order valence-corrected chi connectivity index (χ4v) is 1.84. The standard InChI is InChI=1S/C13H14F3NO3/c1-9-8-10(13(14,15)16)2-3-11(9)20-12(18)17-4-6-19-7-5-17/h2-3,8H,4-7H2,1H3. The third kappa shape index (κ3) is 3.41. The van der Waals surface area contributed by atoms with Gasteiger partial charge in [-0.05, 0) is 30.7 Å². The molecule has 0 N–H and O–H groups in total. The van der Waals surface area contributed by atoms with Gasteiger partial charge in [-0.15, -0.1) is 0 Å². The smallest absolute Gasteiger partial charge is 0.410 e. The molecule has 1 amide bonds. The first-order valence-electron chi connectivity index (χ1n) is 6.10. The zero-order valence-electron chi connectivity index (χ0n) is 10.9. The molecule has 0 unspecified atom stereocenters. The third-order valence-electron chi connectivity index (χ3n) is 2.97. The number of hydrogen-bond donors (Lipinski definition) is 0. The van der Waals surface area contributed by atoms with Crippen molar-refractivity contribution in [3.05, 3.63) is 29.3 Å². The van der Waals surface area contributed by atoms with Gasteiger partial charge in [0.25, 0.3) is 0 Å². The average Bonchev–Trinajstić information content (AvgIpc) is 2.41. The predicted octanol–water partition coefficient (Wildman–Crippen LogP) is 2.84. The molecular formula is C13H14F3NO3. The number of hydrogen-bond acceptors (Lipinski definition) is 3. The Morgan fingerprint density at radius 2 is 1.95 bits per heavy atom. The molecule has 4 nitrogen and oxygen atoms in total. The number of amides is 1. The van der Waals surface area contributed by atoms with Gasteiger partial charge < -0.3 is 14.4 Å². The van der Waals surface area contributed by atoms with Crippen LogP contribution in [-0.2, 0) is 10.9 Å². The Morgan fingerprint density at radius 1 is 1.30 bits per heavy atom. The van der Waals surface area contributed by atoms with Gasteiger partial charge in [0.15, 0.2) is 0 Å². The molecule has 110 valence electrons. The van der Waals surface area contributed by atoms with Crippen LogP contribution in [0.4, 0.5) is 18.0 Å². The van der Waals surface area contributed by atoms with E-state index in [1.165, 1.54) is 11.8 Å². The molecule has 7 heteroatoms. The van der Waals surface area contributed by atoms with E-state index in [-0.39, 0.29) is 11.3 Å². The second-order valence-electron chi connectivity index (χ2n) is 4.45. The molecule has 1 aliphatic heterocycles. The van der Waals surface area contributed by atoms with Gasteiger partial charge in [0.2, 0.25) is 0 Å². The van der Waals surface area contributed by atoms with E-state index in [9.17, 15) is 18.0 Å². The minimum Gasteiger partial charge on any atom is -0.410 e. The van der Waals surface area contributed by atoms with Crippen molar-refractivity contribution in [3.63, 3.8) is 0 Å². The van der Waals surface area contributed by atoms with Crippen LogP contribution in [0, 0.1) is 6.92 Å². The summed E-state index contributed by atoms with van der Waals surface area (Å²) in [5.41, 5.74) is -0.498. The maximum atomic E-state index is 12.5. The van der Waals surface area contributed by atoms with Gasteiger partial charge in [-0.1, -0.05) is 0 Å². The van der Waals surface area contributed by atoms with Crippen molar-refractivity contribution in [1.82, 2.24) is 4.90 Å². The minimum absolute atomic E-state index is 0.134. The van der Waals surface area contributed by atoms with E-state index in [1.807, 2.05) is 0 Å². The van der Waals surface area contributed by atoms with Crippen molar-refractivity contribution in [1.29, 1.82) is 0 Å². The number of halogens is 3. The van der Waals surface area contributed by atoms with Crippen LogP contribution >= 0.6 is 0 Å². The Bertz CT molecular complexity index is 496. The van der Waals surface area contributed by atoms with E-state index in [4.69, 9.17) is 9.47 Å². The Balaban J connectivity index is 2.08. The Hall–Kier alpha value is -1.76. The number of benzene rings is 1. The zero-order chi connectivity index (χ0) is 14.8. The lowest BCUT2D eigenvalue weighted by Gasteiger charge is -2.26. The Morgan fingerprint density at radius 3 is 2.50 bits per heavy atom. The van der Waals surface area contributed by atoms with Crippen molar-refractivity contribution in [2.24, 2.45) is 0 Å². The summed E-state index contributed by atoms with van der Waals surface area (Å²) >= 11 is 0. The molecule has 1 saturated heterocycles. The van der Waals surface area contributed by atoms with Crippen LogP contribution in [0.2, 0.25) is 0 Å². The van der Waals surface area contributed by atoms with Gasteiger partial charge in [-0.25, -0.2) is 4.79 Å². The highest BCUT2D eigenvalue weighted by Gasteiger charge is 2.31. The Labute approximate surface area is 114 Å². The molecule has 0 aliphatic carbocycles. The van der Waals surface area contributed by atoms with Crippen molar-refractivity contribution in [2.45, 2.75) is 13.1 Å². The topological polar surface area (TPSA) is 38.8 Å². The van der Waals surface area contributed by atoms with Crippen LogP contribution in [0.1, 0.15) is 11.1 Å². The van der Waals surface area contributed by atoms with Crippen LogP contribution in [-0.4, -0.2) is 37.3 Å². The fourth-order valence-electron chi connectivity index (χ4n) is 1.84. The summed E-state index contributed by atoms with van der Waals surface area (Å²) in [6, 6.07) is 3.02. The quantitative estimate of drug-likeness (QED) is 0.798. The number of rotatable bonds is 1. The third-order valence-corrected chi connectivity index (χ3v) is 2.97. The van der Waals surface area contributed by atoms with E-state index >= 15 is 0 Å². The molecule has 0 radical (unpaired) electrons. The van der Waals surface area contributed by atoms with Crippen LogP contribution in [0.15, 0.2) is 18.2 Å². The second-order valence-corrected chi connectivity index (χ2v) is 4.45. The van der Waals surface area contributed by atoms with Gasteiger partial charge in [-0.2, -0.15) is 13.2 Å². The molecule has 1 fully saturated rings. The van der Waals surface area contributed by atoms with Gasteiger partial charge in [0, 0.05) is 13.1 Å². The van der Waals surface area contributed by atoms with Gasteiger partial charge in [0.1, 0.15) is 5.75 Å². The van der Waals surface area contributed by atoms with Gasteiger partial charge >= 0.3 is 12.3 Å². The minimum atomic E-state index is -4.41. The summed E-state index contributed by atoms with van der Waals surface area (Å²) in [5, 5.41) is 0. The van der Waals surface area contributed by atoms with Crippen LogP contribution in [0.3, 0.4) is 0 Å². The van der Waals surface area contributed by atoms with Gasteiger partial charge in [-0.3, -0.25) is 0 Å². The maximum Gasteiger partial charge on any atom is 0.416 e. The lowest BCUT2D eigenvalue weighted by Crippen LogP contribution is -2.42. The molecule has 2 rings (SSSR count). The largest absolute Gasteiger partial charge is 0.416 e. The molecule has 1 aromatic rings. The van der Waals surface area contributed by atoms with E-state index in [1.54, 1.807) is 0 Å². The van der Waals surface area contributed by atoms with Crippen molar-refractivity contribution in [2.75, 3.05) is 26.3 Å². The van der Waals surface area contributed by atoms with Crippen molar-refractivity contribution < 1.29 is 27.4 Å². The van der Waals surface area contributed by atoms with Crippen molar-refractivity contribution >= 4 is 6.09 Å². The number of morpholine rings is 1. The highest BCUT2D eigenvalue weighted by molar-refractivity contribution is 5.71. The molecule has 0 aromatic heterocycles. The zero-order valence-corrected chi connectivity index (χ0v) is 10.9. The lowest BCUT2D eigenvalue weighted by atomic mass is 10.1. The van der Waals surface area contributed by atoms with Gasteiger partial charge in [0.05, 0.1) is 18.8 Å². The summed E-state index contributed by atoms with van der Waals surface area (Å²) in [7, 11) is 0. The molecule has 0 saturated carbocycles. The molecule has 20 heavy (non-hydrogen) atoms. The van der Waals surface area contributed by atoms with E-state index in [2.05, 4.69) is 0 Å². The molecule has 1 aromatic carbocycles. The second kappa shape index (κ2) is 5.70. The van der Waals surface area contributed by atoms with Crippen LogP contribution < -0.4 is 4.74 Å². The van der Waals surface area contributed by atoms with Crippen LogP contribution in [0.5, 0.6) is 5.75 Å². The molecule has 0 atom stereocenters. The molecule has 0 spiro atoms. The molecular weight excluding hydrogens is 275 g/mol. The monoisotopic (exact) mass is 289 g/mol. The van der Waals surface area contributed by atoms with Crippen LogP contribution in [0.25, 0.3) is 0 Å². The first-order valence-corrected chi connectivity index (χ1v) is 6.10. The van der Waals surface area contributed by atoms with E-state index in [0.717, 1.165) is 18.2 Å². The maximum absolute atomic E-state index is 12.5. The number of carbonyl (C=O) groups is 1. The summed E-state index contributed by atoms with van der Waals surface area (Å²) in [6.45, 7) is 3.16. The first-order chi connectivity index (χ1) is 9.38. The normalized spacial score (nSPS) is 16.1. The summed E-state index contributed by atoms with van der Waals surface area (Å²) in [4.78, 5) is 13.3. The molecule has 0 bridgehead atoms. The lowest BCUT2D eigenvalue weighted by molar-refractivity contribution is -0.137. The number of nitrogens with zero attached hydrogens (tertiary/aromatic N) is 1.